The van der Waals surface area contributed by atoms with E-state index >= 15 is 0 Å². The molecule has 4 nitrogen and oxygen atoms in total. The highest BCUT2D eigenvalue weighted by Gasteiger charge is 2.24. The highest BCUT2D eigenvalue weighted by Crippen LogP contribution is 2.23. The van der Waals surface area contributed by atoms with E-state index in [0.29, 0.717) is 12.6 Å². The van der Waals surface area contributed by atoms with Crippen molar-refractivity contribution in [2.24, 2.45) is 5.73 Å². The van der Waals surface area contributed by atoms with Crippen molar-refractivity contribution >= 4 is 17.6 Å². The van der Waals surface area contributed by atoms with Crippen LogP contribution in [0.4, 0.5) is 5.82 Å². The molecule has 2 rings (SSSR count). The fourth-order valence-corrected chi connectivity index (χ4v) is 2.32. The molecular weight excluding hydrogens is 208 g/mol. The smallest absolute Gasteiger partial charge is 0.189 e. The van der Waals surface area contributed by atoms with Crippen molar-refractivity contribution < 1.29 is 0 Å². The van der Waals surface area contributed by atoms with Crippen LogP contribution in [0.3, 0.4) is 0 Å². The summed E-state index contributed by atoms with van der Waals surface area (Å²) in [5.41, 5.74) is 5.74. The van der Waals surface area contributed by atoms with Gasteiger partial charge in [0.2, 0.25) is 0 Å². The van der Waals surface area contributed by atoms with Gasteiger partial charge in [-0.15, -0.1) is 0 Å². The van der Waals surface area contributed by atoms with E-state index in [2.05, 4.69) is 14.9 Å². The maximum atomic E-state index is 5.74. The minimum absolute atomic E-state index is 0.453. The largest absolute Gasteiger partial charge is 0.352 e. The van der Waals surface area contributed by atoms with E-state index < -0.39 is 0 Å². The van der Waals surface area contributed by atoms with Crippen LogP contribution in [-0.2, 0) is 0 Å². The molecule has 0 saturated carbocycles. The van der Waals surface area contributed by atoms with Gasteiger partial charge in [-0.05, 0) is 25.2 Å². The van der Waals surface area contributed by atoms with E-state index in [4.69, 9.17) is 5.73 Å². The Hall–Kier alpha value is -0.810. The van der Waals surface area contributed by atoms with Crippen LogP contribution < -0.4 is 10.6 Å². The summed E-state index contributed by atoms with van der Waals surface area (Å²) in [5, 5.41) is 0.829. The number of rotatable bonds is 3. The molecular formula is C10H16N4S. The van der Waals surface area contributed by atoms with Gasteiger partial charge in [0.15, 0.2) is 5.16 Å². The van der Waals surface area contributed by atoms with E-state index in [1.807, 2.05) is 18.5 Å². The van der Waals surface area contributed by atoms with E-state index in [1.165, 1.54) is 12.8 Å². The molecule has 0 amide bonds. The standard InChI is InChI=1S/C10H16N4S/c1-15-10-12-5-4-9(13-10)14-6-2-3-8(14)7-11/h4-5,8H,2-3,6-7,11H2,1H3/t8-/m0/s1. The number of thioether (sulfide) groups is 1. The zero-order valence-corrected chi connectivity index (χ0v) is 9.70. The third kappa shape index (κ3) is 2.23. The van der Waals surface area contributed by atoms with Crippen LogP contribution in [0.2, 0.25) is 0 Å². The van der Waals surface area contributed by atoms with Crippen LogP contribution >= 0.6 is 11.8 Å². The van der Waals surface area contributed by atoms with Crippen LogP contribution in [0.15, 0.2) is 17.4 Å². The van der Waals surface area contributed by atoms with Gasteiger partial charge >= 0.3 is 0 Å². The highest BCUT2D eigenvalue weighted by atomic mass is 32.2. The first-order valence-corrected chi connectivity index (χ1v) is 6.41. The molecule has 15 heavy (non-hydrogen) atoms. The Morgan fingerprint density at radius 3 is 3.27 bits per heavy atom. The van der Waals surface area contributed by atoms with E-state index in [-0.39, 0.29) is 0 Å². The minimum Gasteiger partial charge on any atom is -0.352 e. The second-order valence-electron chi connectivity index (χ2n) is 3.63. The van der Waals surface area contributed by atoms with Crippen LogP contribution in [0.25, 0.3) is 0 Å². The number of hydrogen-bond acceptors (Lipinski definition) is 5. The molecule has 5 heteroatoms. The topological polar surface area (TPSA) is 55.0 Å². The Labute approximate surface area is 94.3 Å². The fraction of sp³-hybridized carbons (Fsp3) is 0.600. The molecule has 1 saturated heterocycles. The average molecular weight is 224 g/mol. The van der Waals surface area contributed by atoms with Crippen molar-refractivity contribution in [2.45, 2.75) is 24.0 Å². The molecule has 1 fully saturated rings. The number of nitrogens with zero attached hydrogens (tertiary/aromatic N) is 3. The summed E-state index contributed by atoms with van der Waals surface area (Å²) >= 11 is 1.57. The van der Waals surface area contributed by atoms with Crippen LogP contribution in [0.5, 0.6) is 0 Å². The molecule has 2 heterocycles. The molecule has 1 aliphatic rings. The van der Waals surface area contributed by atoms with Crippen molar-refractivity contribution in [1.82, 2.24) is 9.97 Å². The van der Waals surface area contributed by atoms with Crippen molar-refractivity contribution in [3.05, 3.63) is 12.3 Å². The monoisotopic (exact) mass is 224 g/mol. The Kier molecular flexibility index (Phi) is 3.43. The Morgan fingerprint density at radius 1 is 1.67 bits per heavy atom. The van der Waals surface area contributed by atoms with Gasteiger partial charge < -0.3 is 10.6 Å². The molecule has 1 atom stereocenters. The first-order valence-electron chi connectivity index (χ1n) is 5.19. The molecule has 0 bridgehead atoms. The third-order valence-electron chi connectivity index (χ3n) is 2.74. The predicted molar refractivity (Wildman–Crippen MR) is 63.2 cm³/mol. The van der Waals surface area contributed by atoms with Gasteiger partial charge in [0.25, 0.3) is 0 Å². The second kappa shape index (κ2) is 4.81. The summed E-state index contributed by atoms with van der Waals surface area (Å²) < 4.78 is 0. The third-order valence-corrected chi connectivity index (χ3v) is 3.31. The minimum atomic E-state index is 0.453. The molecule has 1 aliphatic heterocycles. The van der Waals surface area contributed by atoms with Crippen LogP contribution in [-0.4, -0.2) is 35.4 Å². The zero-order valence-electron chi connectivity index (χ0n) is 8.89. The van der Waals surface area contributed by atoms with Crippen molar-refractivity contribution in [3.63, 3.8) is 0 Å². The summed E-state index contributed by atoms with van der Waals surface area (Å²) in [4.78, 5) is 11.0. The van der Waals surface area contributed by atoms with Gasteiger partial charge in [-0.3, -0.25) is 0 Å². The van der Waals surface area contributed by atoms with Gasteiger partial charge in [0.1, 0.15) is 5.82 Å². The van der Waals surface area contributed by atoms with Crippen molar-refractivity contribution in [3.8, 4) is 0 Å². The lowest BCUT2D eigenvalue weighted by Gasteiger charge is -2.24. The lowest BCUT2D eigenvalue weighted by atomic mass is 10.2. The molecule has 82 valence electrons. The average Bonchev–Trinajstić information content (AvgIpc) is 2.77. The van der Waals surface area contributed by atoms with Gasteiger partial charge in [-0.2, -0.15) is 0 Å². The number of anilines is 1. The summed E-state index contributed by atoms with van der Waals surface area (Å²) in [6.07, 6.45) is 6.19. The number of aromatic nitrogens is 2. The maximum absolute atomic E-state index is 5.74. The highest BCUT2D eigenvalue weighted by molar-refractivity contribution is 7.98. The number of hydrogen-bond donors (Lipinski definition) is 1. The SMILES string of the molecule is CSc1nccc(N2CCC[C@H]2CN)n1. The zero-order chi connectivity index (χ0) is 10.7. The number of nitrogens with two attached hydrogens (primary N) is 1. The van der Waals surface area contributed by atoms with Gasteiger partial charge in [-0.25, -0.2) is 9.97 Å². The molecule has 0 aliphatic carbocycles. The van der Waals surface area contributed by atoms with Gasteiger partial charge in [0, 0.05) is 25.3 Å². The summed E-state index contributed by atoms with van der Waals surface area (Å²) in [7, 11) is 0. The van der Waals surface area contributed by atoms with Crippen molar-refractivity contribution in [2.75, 3.05) is 24.2 Å². The molecule has 0 aromatic carbocycles. The first-order chi connectivity index (χ1) is 7.35. The maximum Gasteiger partial charge on any atom is 0.189 e. The quantitative estimate of drug-likeness (QED) is 0.616. The second-order valence-corrected chi connectivity index (χ2v) is 4.40. The van der Waals surface area contributed by atoms with E-state index in [1.54, 1.807) is 11.8 Å². The summed E-state index contributed by atoms with van der Waals surface area (Å²) in [6, 6.07) is 2.42. The van der Waals surface area contributed by atoms with Gasteiger partial charge in [-0.1, -0.05) is 11.8 Å². The van der Waals surface area contributed by atoms with Crippen LogP contribution in [0, 0.1) is 0 Å². The summed E-state index contributed by atoms with van der Waals surface area (Å²) in [5.74, 6) is 1.02. The molecule has 0 radical (unpaired) electrons. The van der Waals surface area contributed by atoms with Crippen LogP contribution in [0.1, 0.15) is 12.8 Å². The van der Waals surface area contributed by atoms with E-state index in [9.17, 15) is 0 Å². The fourth-order valence-electron chi connectivity index (χ4n) is 1.97. The normalized spacial score (nSPS) is 20.9. The molecule has 0 unspecified atom stereocenters. The van der Waals surface area contributed by atoms with Crippen molar-refractivity contribution in [1.29, 1.82) is 0 Å². The Morgan fingerprint density at radius 2 is 2.53 bits per heavy atom. The molecule has 0 spiro atoms. The summed E-state index contributed by atoms with van der Waals surface area (Å²) in [6.45, 7) is 1.77. The molecule has 2 N–H and O–H groups in total. The Balaban J connectivity index is 2.20. The molecule has 1 aromatic heterocycles. The van der Waals surface area contributed by atoms with E-state index in [0.717, 1.165) is 17.5 Å². The lowest BCUT2D eigenvalue weighted by Crippen LogP contribution is -2.35. The lowest BCUT2D eigenvalue weighted by molar-refractivity contribution is 0.667. The first kappa shape index (κ1) is 10.7. The Bertz CT molecular complexity index is 331. The van der Waals surface area contributed by atoms with Gasteiger partial charge in [0.05, 0.1) is 0 Å². The predicted octanol–water partition coefficient (Wildman–Crippen LogP) is 1.13. The molecule has 1 aromatic rings.